The van der Waals surface area contributed by atoms with E-state index in [0.29, 0.717) is 6.61 Å². The van der Waals surface area contributed by atoms with Gasteiger partial charge in [-0.05, 0) is 5.56 Å². The van der Waals surface area contributed by atoms with Gasteiger partial charge in [0.25, 0.3) is 0 Å². The van der Waals surface area contributed by atoms with Crippen molar-refractivity contribution in [1.29, 1.82) is 0 Å². The molecule has 0 radical (unpaired) electrons. The molecule has 2 N–H and O–H groups in total. The maximum atomic E-state index is 8.96. The molecule has 72 valence electrons. The van der Waals surface area contributed by atoms with Gasteiger partial charge >= 0.3 is 0 Å². The monoisotopic (exact) mass is 186 g/mol. The lowest BCUT2D eigenvalue weighted by molar-refractivity contribution is 0.0000253. The highest BCUT2D eigenvalue weighted by Crippen LogP contribution is 2.00. The van der Waals surface area contributed by atoms with Crippen molar-refractivity contribution in [2.24, 2.45) is 0 Å². The van der Waals surface area contributed by atoms with Gasteiger partial charge in [0.1, 0.15) is 6.10 Å². The second-order valence-corrected chi connectivity index (χ2v) is 2.84. The molecule has 0 saturated carbocycles. The van der Waals surface area contributed by atoms with E-state index >= 15 is 0 Å². The molecule has 1 aromatic rings. The molecule has 0 aliphatic rings. The van der Waals surface area contributed by atoms with E-state index in [9.17, 15) is 0 Å². The van der Waals surface area contributed by atoms with Crippen molar-refractivity contribution in [3.63, 3.8) is 0 Å². The molecule has 1 rings (SSSR count). The van der Waals surface area contributed by atoms with E-state index in [1.54, 1.807) is 0 Å². The van der Waals surface area contributed by atoms with E-state index in [-0.39, 0.29) is 13.2 Å². The Morgan fingerprint density at radius 1 is 1.31 bits per heavy atom. The highest BCUT2D eigenvalue weighted by Gasteiger charge is 2.00. The minimum Gasteiger partial charge on any atom is -0.394 e. The Labute approximate surface area is 77.6 Å². The molecule has 0 aromatic heterocycles. The van der Waals surface area contributed by atoms with Crippen LogP contribution in [0.25, 0.3) is 0 Å². The lowest BCUT2D eigenvalue weighted by atomic mass is 10.2. The average Bonchev–Trinajstić information content (AvgIpc) is 2.19. The molecule has 0 spiro atoms. The van der Waals surface area contributed by atoms with Gasteiger partial charge in [-0.3, -0.25) is 0 Å². The Hall–Kier alpha value is -0.900. The van der Waals surface area contributed by atoms with Crippen LogP contribution in [0.5, 0.6) is 0 Å². The fourth-order valence-electron chi connectivity index (χ4n) is 0.940. The van der Waals surface area contributed by atoms with Crippen molar-refractivity contribution in [2.75, 3.05) is 13.2 Å². The molecule has 3 nitrogen and oxygen atoms in total. The zero-order chi connectivity index (χ0) is 9.52. The Kier molecular flexibility index (Phi) is 4.46. The number of aliphatic hydroxyl groups excluding tert-OH is 2. The van der Waals surface area contributed by atoms with Gasteiger partial charge in [0.2, 0.25) is 0 Å². The molecule has 0 aliphatic heterocycles. The third kappa shape index (κ3) is 4.03. The van der Waals surface area contributed by atoms with Crippen LogP contribution < -0.4 is 0 Å². The van der Waals surface area contributed by atoms with Gasteiger partial charge in [-0.25, -0.2) is 0 Å². The third-order valence-electron chi connectivity index (χ3n) is 1.63. The molecule has 0 bridgehead atoms. The Bertz CT molecular complexity index is 223. The maximum absolute atomic E-state index is 8.96. The number of hydrogen-bond donors (Lipinski definition) is 2. The molecular weight excluding hydrogens is 172 g/mol. The van der Waals surface area contributed by atoms with Crippen molar-refractivity contribution in [1.82, 2.24) is 0 Å². The average molecular weight is 186 g/mol. The van der Waals surface area contributed by atoms with Gasteiger partial charge < -0.3 is 14.9 Å². The normalized spacial score (nSPS) is 12.8. The summed E-state index contributed by atoms with van der Waals surface area (Å²) in [6.45, 7) is 0.387. The highest BCUT2D eigenvalue weighted by atomic mass is 18.3. The second-order valence-electron chi connectivity index (χ2n) is 2.84. The summed E-state index contributed by atoms with van der Waals surface area (Å²) in [6.07, 6.45) is -0.774. The van der Waals surface area contributed by atoms with Crippen LogP contribution in [0.2, 0.25) is 0 Å². The Morgan fingerprint density at radius 3 is 2.62 bits per heavy atom. The molecule has 1 unspecified atom stereocenters. The van der Waals surface area contributed by atoms with Gasteiger partial charge in [0.05, 0.1) is 19.8 Å². The number of hydrogen-bond acceptors (Lipinski definition) is 3. The van der Waals surface area contributed by atoms with Gasteiger partial charge in [-0.1, -0.05) is 30.3 Å². The zero-order valence-corrected chi connectivity index (χ0v) is 7.39. The van der Waals surface area contributed by atoms with Crippen molar-refractivity contribution >= 4 is 0 Å². The van der Waals surface area contributed by atoms with Crippen LogP contribution in [0.3, 0.4) is 0 Å². The summed E-state index contributed by atoms with van der Waals surface area (Å²) in [6, 6.07) is 9.70. The van der Waals surface area contributed by atoms with Gasteiger partial charge in [-0.2, -0.15) is 0 Å². The number of benzene rings is 1. The molecule has 0 amide bonds. The smallest absolute Gasteiger partial charge is 0.100 e. The SMILES string of the molecule is OC(C[18OH])C[18O]Cc1ccccc1. The quantitative estimate of drug-likeness (QED) is 0.660. The maximum Gasteiger partial charge on any atom is 0.100 e. The summed E-state index contributed by atoms with van der Waals surface area (Å²) in [7, 11) is 0. The number of ether oxygens (including phenoxy) is 1. The van der Waals surface area contributed by atoms with Crippen LogP contribution in [0, 0.1) is 0 Å². The van der Waals surface area contributed by atoms with Crippen LogP contribution in [-0.2, 0) is 11.3 Å². The minimum atomic E-state index is -0.774. The van der Waals surface area contributed by atoms with Crippen LogP contribution >= 0.6 is 0 Å². The zero-order valence-electron chi connectivity index (χ0n) is 7.39. The Balaban J connectivity index is 2.20. The third-order valence-corrected chi connectivity index (χ3v) is 1.63. The second kappa shape index (κ2) is 5.70. The van der Waals surface area contributed by atoms with E-state index in [1.165, 1.54) is 0 Å². The molecule has 0 heterocycles. The summed E-state index contributed by atoms with van der Waals surface area (Å²) >= 11 is 0. The van der Waals surface area contributed by atoms with Gasteiger partial charge in [0.15, 0.2) is 0 Å². The summed E-state index contributed by atoms with van der Waals surface area (Å²) in [5.74, 6) is 0. The summed E-state index contributed by atoms with van der Waals surface area (Å²) in [5, 5.41) is 17.5. The summed E-state index contributed by atoms with van der Waals surface area (Å²) in [5.41, 5.74) is 1.06. The fourth-order valence-corrected chi connectivity index (χ4v) is 0.940. The van der Waals surface area contributed by atoms with Crippen LogP contribution in [0.1, 0.15) is 5.56 Å². The molecule has 0 aliphatic carbocycles. The molecule has 0 fully saturated rings. The minimum absolute atomic E-state index is 0.172. The van der Waals surface area contributed by atoms with Crippen LogP contribution in [0.15, 0.2) is 30.3 Å². The van der Waals surface area contributed by atoms with Crippen molar-refractivity contribution < 1.29 is 14.9 Å². The first-order valence-electron chi connectivity index (χ1n) is 4.23. The molecule has 1 atom stereocenters. The Morgan fingerprint density at radius 2 is 2.00 bits per heavy atom. The summed E-state index contributed by atoms with van der Waals surface area (Å²) in [4.78, 5) is 0. The standard InChI is InChI=1S/C10H14O3/c11-6-10(12)8-13-7-9-4-2-1-3-5-9/h1-5,10-12H,6-8H2/i11+2,13+2. The fraction of sp³-hybridized carbons (Fsp3) is 0.400. The van der Waals surface area contributed by atoms with E-state index in [1.807, 2.05) is 30.3 Å². The lowest BCUT2D eigenvalue weighted by Gasteiger charge is -2.07. The first kappa shape index (κ1) is 10.2. The predicted octanol–water partition coefficient (Wildman–Crippen LogP) is 0.556. The van der Waals surface area contributed by atoms with Crippen molar-refractivity contribution in [3.05, 3.63) is 35.9 Å². The molecule has 1 aromatic carbocycles. The van der Waals surface area contributed by atoms with Crippen molar-refractivity contribution in [3.8, 4) is 0 Å². The lowest BCUT2D eigenvalue weighted by Crippen LogP contribution is -2.19. The molecule has 13 heavy (non-hydrogen) atoms. The number of aliphatic hydroxyl groups is 2. The largest absolute Gasteiger partial charge is 0.394 e. The van der Waals surface area contributed by atoms with E-state index in [4.69, 9.17) is 14.9 Å². The first-order chi connectivity index (χ1) is 6.33. The highest BCUT2D eigenvalue weighted by molar-refractivity contribution is 5.13. The topological polar surface area (TPSA) is 49.7 Å². The first-order valence-corrected chi connectivity index (χ1v) is 4.23. The molecule has 0 saturated heterocycles. The van der Waals surface area contributed by atoms with E-state index in [2.05, 4.69) is 0 Å². The summed E-state index contributed by atoms with van der Waals surface area (Å²) < 4.78 is 5.16. The van der Waals surface area contributed by atoms with E-state index < -0.39 is 6.10 Å². The van der Waals surface area contributed by atoms with Gasteiger partial charge in [-0.15, -0.1) is 0 Å². The molecule has 3 heteroatoms. The van der Waals surface area contributed by atoms with Crippen LogP contribution in [0.4, 0.5) is 0 Å². The van der Waals surface area contributed by atoms with E-state index in [0.717, 1.165) is 5.56 Å². The predicted molar refractivity (Wildman–Crippen MR) is 49.2 cm³/mol. The molecular formula is C10H14O3. The van der Waals surface area contributed by atoms with Crippen LogP contribution in [-0.4, -0.2) is 29.5 Å². The van der Waals surface area contributed by atoms with Crippen molar-refractivity contribution in [2.45, 2.75) is 12.7 Å². The van der Waals surface area contributed by atoms with Gasteiger partial charge in [0, 0.05) is 0 Å². The number of rotatable bonds is 5.